The third kappa shape index (κ3) is 6.08. The molecule has 25 heavy (non-hydrogen) atoms. The minimum atomic E-state index is -0.562. The number of nitrogens with zero attached hydrogens (tertiary/aromatic N) is 2. The third-order valence-corrected chi connectivity index (χ3v) is 4.43. The second kappa shape index (κ2) is 9.46. The van der Waals surface area contributed by atoms with Crippen LogP contribution in [-0.4, -0.2) is 24.0 Å². The summed E-state index contributed by atoms with van der Waals surface area (Å²) in [6, 6.07) is 3.65. The van der Waals surface area contributed by atoms with E-state index < -0.39 is 11.6 Å². The van der Waals surface area contributed by atoms with Gasteiger partial charge in [-0.15, -0.1) is 11.3 Å². The second-order valence-electron chi connectivity index (χ2n) is 5.93. The number of guanidine groups is 1. The zero-order chi connectivity index (χ0) is 18.2. The van der Waals surface area contributed by atoms with Crippen LogP contribution >= 0.6 is 11.3 Å². The molecule has 2 rings (SSSR count). The maximum atomic E-state index is 13.6. The number of rotatable bonds is 7. The van der Waals surface area contributed by atoms with E-state index in [0.29, 0.717) is 37.0 Å². The summed E-state index contributed by atoms with van der Waals surface area (Å²) in [7, 11) is 0. The predicted octanol–water partition coefficient (Wildman–Crippen LogP) is 3.84. The van der Waals surface area contributed by atoms with Crippen LogP contribution in [0.4, 0.5) is 8.78 Å². The average molecular weight is 366 g/mol. The van der Waals surface area contributed by atoms with Crippen molar-refractivity contribution in [3.63, 3.8) is 0 Å². The number of hydrogen-bond donors (Lipinski definition) is 2. The summed E-state index contributed by atoms with van der Waals surface area (Å²) < 4.78 is 26.6. The molecule has 0 aliphatic rings. The first kappa shape index (κ1) is 19.3. The molecule has 1 aromatic heterocycles. The fourth-order valence-corrected chi connectivity index (χ4v) is 3.07. The van der Waals surface area contributed by atoms with E-state index in [-0.39, 0.29) is 0 Å². The molecule has 0 aliphatic heterocycles. The maximum Gasteiger partial charge on any atom is 0.191 e. The Bertz CT molecular complexity index is 713. The monoisotopic (exact) mass is 366 g/mol. The number of benzene rings is 1. The SMILES string of the molecule is CCNC(=NCc1nc(C(C)C)cs1)NCCc1ccc(F)cc1F. The zero-order valence-corrected chi connectivity index (χ0v) is 15.6. The molecule has 0 unspecified atom stereocenters. The molecule has 0 aliphatic carbocycles. The van der Waals surface area contributed by atoms with Crippen molar-refractivity contribution in [3.8, 4) is 0 Å². The molecule has 7 heteroatoms. The Balaban J connectivity index is 1.90. The molecule has 0 spiro atoms. The highest BCUT2D eigenvalue weighted by molar-refractivity contribution is 7.09. The van der Waals surface area contributed by atoms with Crippen molar-refractivity contribution in [2.45, 2.75) is 39.7 Å². The summed E-state index contributed by atoms with van der Waals surface area (Å²) in [5.41, 5.74) is 1.56. The van der Waals surface area contributed by atoms with E-state index in [9.17, 15) is 8.78 Å². The molecule has 136 valence electrons. The van der Waals surface area contributed by atoms with Gasteiger partial charge >= 0.3 is 0 Å². The molecule has 0 saturated heterocycles. The van der Waals surface area contributed by atoms with E-state index in [0.717, 1.165) is 23.3 Å². The Morgan fingerprint density at radius 3 is 2.72 bits per heavy atom. The molecule has 4 nitrogen and oxygen atoms in total. The van der Waals surface area contributed by atoms with Crippen molar-refractivity contribution in [1.29, 1.82) is 0 Å². The van der Waals surface area contributed by atoms with Crippen molar-refractivity contribution in [3.05, 3.63) is 51.5 Å². The lowest BCUT2D eigenvalue weighted by Crippen LogP contribution is -2.38. The van der Waals surface area contributed by atoms with Crippen LogP contribution in [0.25, 0.3) is 0 Å². The van der Waals surface area contributed by atoms with Gasteiger partial charge in [-0.3, -0.25) is 0 Å². The second-order valence-corrected chi connectivity index (χ2v) is 6.87. The lowest BCUT2D eigenvalue weighted by atomic mass is 10.1. The van der Waals surface area contributed by atoms with Gasteiger partial charge < -0.3 is 10.6 Å². The summed E-state index contributed by atoms with van der Waals surface area (Å²) in [5, 5.41) is 9.35. The summed E-state index contributed by atoms with van der Waals surface area (Å²) in [6.45, 7) is 7.94. The van der Waals surface area contributed by atoms with Crippen LogP contribution in [0.5, 0.6) is 0 Å². The third-order valence-electron chi connectivity index (χ3n) is 3.58. The van der Waals surface area contributed by atoms with Gasteiger partial charge in [-0.2, -0.15) is 0 Å². The van der Waals surface area contributed by atoms with Crippen molar-refractivity contribution < 1.29 is 8.78 Å². The van der Waals surface area contributed by atoms with E-state index in [4.69, 9.17) is 0 Å². The number of hydrogen-bond acceptors (Lipinski definition) is 3. The minimum absolute atomic E-state index is 0.408. The molecule has 2 aromatic rings. The van der Waals surface area contributed by atoms with E-state index in [1.807, 2.05) is 6.92 Å². The highest BCUT2D eigenvalue weighted by Gasteiger charge is 2.07. The van der Waals surface area contributed by atoms with Crippen LogP contribution in [0.2, 0.25) is 0 Å². The molecule has 0 fully saturated rings. The molecule has 1 heterocycles. The van der Waals surface area contributed by atoms with Gasteiger partial charge in [-0.05, 0) is 30.9 Å². The normalized spacial score (nSPS) is 11.8. The van der Waals surface area contributed by atoms with Crippen LogP contribution < -0.4 is 10.6 Å². The molecular formula is C18H24F2N4S. The summed E-state index contributed by atoms with van der Waals surface area (Å²) in [6.07, 6.45) is 0.450. The number of aromatic nitrogens is 1. The minimum Gasteiger partial charge on any atom is -0.357 e. The lowest BCUT2D eigenvalue weighted by molar-refractivity contribution is 0.570. The van der Waals surface area contributed by atoms with Gasteiger partial charge in [0.1, 0.15) is 16.6 Å². The molecule has 0 amide bonds. The first-order valence-electron chi connectivity index (χ1n) is 8.40. The Morgan fingerprint density at radius 1 is 1.28 bits per heavy atom. The van der Waals surface area contributed by atoms with Crippen LogP contribution in [0, 0.1) is 11.6 Å². The fraction of sp³-hybridized carbons (Fsp3) is 0.444. The highest BCUT2D eigenvalue weighted by Crippen LogP contribution is 2.18. The van der Waals surface area contributed by atoms with Crippen molar-refractivity contribution >= 4 is 17.3 Å². The highest BCUT2D eigenvalue weighted by atomic mass is 32.1. The quantitative estimate of drug-likeness (QED) is 0.578. The Kier molecular flexibility index (Phi) is 7.31. The van der Waals surface area contributed by atoms with Gasteiger partial charge in [-0.25, -0.2) is 18.8 Å². The molecule has 0 bridgehead atoms. The first-order valence-corrected chi connectivity index (χ1v) is 9.28. The molecule has 0 saturated carbocycles. The Labute approximate surface area is 151 Å². The van der Waals surface area contributed by atoms with Crippen molar-refractivity contribution in [2.24, 2.45) is 4.99 Å². The maximum absolute atomic E-state index is 13.6. The van der Waals surface area contributed by atoms with Gasteiger partial charge in [0.15, 0.2) is 5.96 Å². The van der Waals surface area contributed by atoms with Crippen LogP contribution in [-0.2, 0) is 13.0 Å². The zero-order valence-electron chi connectivity index (χ0n) is 14.8. The summed E-state index contributed by atoms with van der Waals surface area (Å²) in [5.74, 6) is -0.0154. The number of aliphatic imine (C=N–C) groups is 1. The summed E-state index contributed by atoms with van der Waals surface area (Å²) >= 11 is 1.60. The lowest BCUT2D eigenvalue weighted by Gasteiger charge is -2.11. The molecular weight excluding hydrogens is 342 g/mol. The van der Waals surface area contributed by atoms with Crippen LogP contribution in [0.3, 0.4) is 0 Å². The van der Waals surface area contributed by atoms with Gasteiger partial charge in [0.25, 0.3) is 0 Å². The molecule has 2 N–H and O–H groups in total. The first-order chi connectivity index (χ1) is 12.0. The topological polar surface area (TPSA) is 49.3 Å². The van der Waals surface area contributed by atoms with E-state index in [1.165, 1.54) is 12.1 Å². The van der Waals surface area contributed by atoms with E-state index in [2.05, 4.69) is 39.8 Å². The Hall–Kier alpha value is -2.02. The van der Waals surface area contributed by atoms with Crippen molar-refractivity contribution in [2.75, 3.05) is 13.1 Å². The van der Waals surface area contributed by atoms with E-state index >= 15 is 0 Å². The molecule has 1 aromatic carbocycles. The average Bonchev–Trinajstić information content (AvgIpc) is 3.04. The van der Waals surface area contributed by atoms with E-state index in [1.54, 1.807) is 11.3 Å². The predicted molar refractivity (Wildman–Crippen MR) is 99.1 cm³/mol. The van der Waals surface area contributed by atoms with Crippen LogP contribution in [0.15, 0.2) is 28.6 Å². The Morgan fingerprint density at radius 2 is 2.08 bits per heavy atom. The number of halogens is 2. The largest absolute Gasteiger partial charge is 0.357 e. The number of thiazole rings is 1. The van der Waals surface area contributed by atoms with Crippen LogP contribution in [0.1, 0.15) is 43.0 Å². The standard InChI is InChI=1S/C18H24F2N4S/c1-4-21-18(23-10-17-24-16(11-25-17)12(2)3)22-8-7-13-5-6-14(19)9-15(13)20/h5-6,9,11-12H,4,7-8,10H2,1-3H3,(H2,21,22,23). The smallest absolute Gasteiger partial charge is 0.191 e. The van der Waals surface area contributed by atoms with Gasteiger partial charge in [0, 0.05) is 24.5 Å². The number of nitrogens with one attached hydrogen (secondary N) is 2. The molecule has 0 radical (unpaired) electrons. The van der Waals surface area contributed by atoms with Gasteiger partial charge in [0.05, 0.1) is 12.2 Å². The van der Waals surface area contributed by atoms with Gasteiger partial charge in [-0.1, -0.05) is 19.9 Å². The fourth-order valence-electron chi connectivity index (χ4n) is 2.19. The molecule has 0 atom stereocenters. The summed E-state index contributed by atoms with van der Waals surface area (Å²) in [4.78, 5) is 9.07. The van der Waals surface area contributed by atoms with Gasteiger partial charge in [0.2, 0.25) is 0 Å². The van der Waals surface area contributed by atoms with Crippen molar-refractivity contribution in [1.82, 2.24) is 15.6 Å².